The van der Waals surface area contributed by atoms with E-state index < -0.39 is 24.3 Å². The largest absolute Gasteiger partial charge is 0.481 e. The number of hydrogen-bond donors (Lipinski definition) is 2. The minimum Gasteiger partial charge on any atom is -0.481 e. The van der Waals surface area contributed by atoms with Crippen LogP contribution in [0.3, 0.4) is 0 Å². The van der Waals surface area contributed by atoms with Crippen LogP contribution in [-0.2, 0) is 23.9 Å². The van der Waals surface area contributed by atoms with Gasteiger partial charge in [0.05, 0.1) is 0 Å². The fourth-order valence-corrected chi connectivity index (χ4v) is 2.22. The Labute approximate surface area is 131 Å². The van der Waals surface area contributed by atoms with Crippen LogP contribution >= 0.6 is 0 Å². The van der Waals surface area contributed by atoms with Crippen molar-refractivity contribution in [1.82, 2.24) is 0 Å². The van der Waals surface area contributed by atoms with E-state index >= 15 is 0 Å². The quantitative estimate of drug-likeness (QED) is 0.587. The van der Waals surface area contributed by atoms with E-state index in [2.05, 4.69) is 0 Å². The molecule has 0 spiro atoms. The lowest BCUT2D eigenvalue weighted by Gasteiger charge is -2.26. The summed E-state index contributed by atoms with van der Waals surface area (Å²) < 4.78 is 9.90. The van der Waals surface area contributed by atoms with Crippen LogP contribution in [0.25, 0.3) is 0 Å². The number of aliphatic carboxylic acids is 1. The minimum absolute atomic E-state index is 0.195. The highest BCUT2D eigenvalue weighted by Gasteiger charge is 2.28. The normalized spacial score (nSPS) is 17.5. The summed E-state index contributed by atoms with van der Waals surface area (Å²) in [4.78, 5) is 31.8. The molecule has 0 heterocycles. The van der Waals surface area contributed by atoms with Gasteiger partial charge in [0.1, 0.15) is 6.04 Å². The van der Waals surface area contributed by atoms with E-state index in [0.29, 0.717) is 0 Å². The second-order valence-electron chi connectivity index (χ2n) is 5.29. The number of nitrogens with two attached hydrogens (primary N) is 1. The molecule has 0 amide bonds. The summed E-state index contributed by atoms with van der Waals surface area (Å²) in [5.74, 6) is -1.50. The average molecular weight is 317 g/mol. The Morgan fingerprint density at radius 1 is 1.18 bits per heavy atom. The van der Waals surface area contributed by atoms with Crippen molar-refractivity contribution in [1.29, 1.82) is 0 Å². The van der Waals surface area contributed by atoms with Gasteiger partial charge < -0.3 is 20.3 Å². The van der Waals surface area contributed by atoms with Crippen molar-refractivity contribution in [3.05, 3.63) is 0 Å². The lowest BCUT2D eigenvalue weighted by Crippen LogP contribution is -2.42. The summed E-state index contributed by atoms with van der Waals surface area (Å²) in [6.45, 7) is 4.30. The van der Waals surface area contributed by atoms with Crippen LogP contribution in [0.1, 0.15) is 59.3 Å². The topological polar surface area (TPSA) is 116 Å². The van der Waals surface area contributed by atoms with Gasteiger partial charge in [0.25, 0.3) is 5.97 Å². The second-order valence-corrected chi connectivity index (χ2v) is 5.29. The zero-order chi connectivity index (χ0) is 17.1. The summed E-state index contributed by atoms with van der Waals surface area (Å²) in [7, 11) is 0. The van der Waals surface area contributed by atoms with Crippen LogP contribution in [-0.4, -0.2) is 35.3 Å². The Morgan fingerprint density at radius 3 is 2.14 bits per heavy atom. The van der Waals surface area contributed by atoms with E-state index in [4.69, 9.17) is 25.1 Å². The maximum absolute atomic E-state index is 11.8. The second kappa shape index (κ2) is 11.0. The minimum atomic E-state index is -0.861. The third-order valence-corrected chi connectivity index (χ3v) is 3.30. The first-order valence-corrected chi connectivity index (χ1v) is 7.63. The summed E-state index contributed by atoms with van der Waals surface area (Å²) in [6, 6.07) is -0.604. The molecule has 1 rings (SSSR count). The van der Waals surface area contributed by atoms with Crippen molar-refractivity contribution in [2.24, 2.45) is 11.7 Å². The zero-order valence-electron chi connectivity index (χ0n) is 13.5. The number of carbonyl (C=O) groups excluding carboxylic acids is 2. The van der Waals surface area contributed by atoms with Crippen LogP contribution in [0.2, 0.25) is 0 Å². The van der Waals surface area contributed by atoms with Crippen molar-refractivity contribution in [2.45, 2.75) is 71.6 Å². The SMILES string of the molecule is CC(=O)O.CCC(=O)OC(C)OC(=O)C(N)C1CCCCC1. The Bertz CT molecular complexity index is 361. The van der Waals surface area contributed by atoms with Crippen molar-refractivity contribution in [2.75, 3.05) is 0 Å². The van der Waals surface area contributed by atoms with Crippen LogP contribution in [0, 0.1) is 5.92 Å². The average Bonchev–Trinajstić information content (AvgIpc) is 2.46. The number of carbonyl (C=O) groups is 3. The number of carboxylic acids is 1. The van der Waals surface area contributed by atoms with Gasteiger partial charge in [0.15, 0.2) is 0 Å². The molecule has 128 valence electrons. The Morgan fingerprint density at radius 2 is 1.68 bits per heavy atom. The molecule has 2 unspecified atom stereocenters. The number of esters is 2. The molecule has 1 aliphatic carbocycles. The maximum Gasteiger partial charge on any atom is 0.326 e. The molecule has 0 saturated heterocycles. The van der Waals surface area contributed by atoms with Gasteiger partial charge in [0, 0.05) is 20.3 Å². The molecule has 1 fully saturated rings. The fourth-order valence-electron chi connectivity index (χ4n) is 2.22. The standard InChI is InChI=1S/C13H23NO4.C2H4O2/c1-3-11(15)17-9(2)18-13(16)12(14)10-7-5-4-6-8-10;1-2(3)4/h9-10,12H,3-8,14H2,1-2H3;1H3,(H,3,4). The molecule has 1 saturated carbocycles. The van der Waals surface area contributed by atoms with E-state index in [9.17, 15) is 9.59 Å². The summed E-state index contributed by atoms with van der Waals surface area (Å²) in [6.07, 6.45) is 4.79. The maximum atomic E-state index is 11.8. The fraction of sp³-hybridized carbons (Fsp3) is 0.800. The number of carboxylic acid groups (broad SMARTS) is 1. The zero-order valence-corrected chi connectivity index (χ0v) is 13.5. The van der Waals surface area contributed by atoms with Crippen molar-refractivity contribution >= 4 is 17.9 Å². The summed E-state index contributed by atoms with van der Waals surface area (Å²) in [5, 5.41) is 7.42. The van der Waals surface area contributed by atoms with Gasteiger partial charge in [-0.2, -0.15) is 0 Å². The highest BCUT2D eigenvalue weighted by atomic mass is 16.7. The first kappa shape index (κ1) is 20.4. The lowest BCUT2D eigenvalue weighted by molar-refractivity contribution is -0.186. The molecular weight excluding hydrogens is 290 g/mol. The molecule has 0 aromatic rings. The van der Waals surface area contributed by atoms with Gasteiger partial charge in [-0.05, 0) is 18.8 Å². The van der Waals surface area contributed by atoms with Crippen LogP contribution in [0.15, 0.2) is 0 Å². The number of ether oxygens (including phenoxy) is 2. The smallest absolute Gasteiger partial charge is 0.326 e. The van der Waals surface area contributed by atoms with Crippen molar-refractivity contribution in [3.63, 3.8) is 0 Å². The molecule has 1 aliphatic rings. The monoisotopic (exact) mass is 317 g/mol. The highest BCUT2D eigenvalue weighted by Crippen LogP contribution is 2.26. The molecule has 7 nitrogen and oxygen atoms in total. The molecule has 0 radical (unpaired) electrons. The summed E-state index contributed by atoms with van der Waals surface area (Å²) in [5.41, 5.74) is 5.89. The van der Waals surface area contributed by atoms with Gasteiger partial charge in [-0.1, -0.05) is 26.2 Å². The van der Waals surface area contributed by atoms with Crippen LogP contribution in [0.4, 0.5) is 0 Å². The molecular formula is C15H27NO6. The van der Waals surface area contributed by atoms with E-state index in [1.807, 2.05) is 0 Å². The van der Waals surface area contributed by atoms with Gasteiger partial charge in [-0.3, -0.25) is 14.4 Å². The van der Waals surface area contributed by atoms with E-state index in [-0.39, 0.29) is 18.3 Å². The van der Waals surface area contributed by atoms with Gasteiger partial charge in [-0.15, -0.1) is 0 Å². The molecule has 7 heteroatoms. The predicted octanol–water partition coefficient (Wildman–Crippen LogP) is 1.83. The lowest BCUT2D eigenvalue weighted by atomic mass is 9.84. The molecule has 0 aromatic carbocycles. The van der Waals surface area contributed by atoms with Crippen LogP contribution in [0.5, 0.6) is 0 Å². The first-order valence-electron chi connectivity index (χ1n) is 7.63. The van der Waals surface area contributed by atoms with E-state index in [1.54, 1.807) is 6.92 Å². The summed E-state index contributed by atoms with van der Waals surface area (Å²) >= 11 is 0. The Kier molecular flexibility index (Phi) is 10.2. The molecule has 0 bridgehead atoms. The third kappa shape index (κ3) is 9.33. The van der Waals surface area contributed by atoms with Gasteiger partial charge in [0.2, 0.25) is 6.29 Å². The molecule has 3 N–H and O–H groups in total. The Hall–Kier alpha value is -1.63. The third-order valence-electron chi connectivity index (χ3n) is 3.30. The molecule has 0 aromatic heterocycles. The van der Waals surface area contributed by atoms with Gasteiger partial charge in [-0.25, -0.2) is 0 Å². The Balaban J connectivity index is 0.000000980. The van der Waals surface area contributed by atoms with Crippen molar-refractivity contribution in [3.8, 4) is 0 Å². The predicted molar refractivity (Wildman–Crippen MR) is 79.8 cm³/mol. The molecule has 22 heavy (non-hydrogen) atoms. The number of rotatable bonds is 5. The highest BCUT2D eigenvalue weighted by molar-refractivity contribution is 5.76. The van der Waals surface area contributed by atoms with E-state index in [1.165, 1.54) is 13.3 Å². The first-order chi connectivity index (χ1) is 10.3. The molecule has 0 aliphatic heterocycles. The van der Waals surface area contributed by atoms with Crippen molar-refractivity contribution < 1.29 is 29.0 Å². The van der Waals surface area contributed by atoms with Crippen LogP contribution < -0.4 is 5.73 Å². The number of hydrogen-bond acceptors (Lipinski definition) is 6. The van der Waals surface area contributed by atoms with E-state index in [0.717, 1.165) is 32.6 Å². The molecule has 2 atom stereocenters. The van der Waals surface area contributed by atoms with Gasteiger partial charge >= 0.3 is 11.9 Å².